The average molecular weight is 435 g/mol. The van der Waals surface area contributed by atoms with Crippen LogP contribution in [0.1, 0.15) is 39.5 Å². The highest BCUT2D eigenvalue weighted by atomic mass is 35.5. The number of carbonyl (C=O) groups excluding carboxylic acids is 2. The smallest absolute Gasteiger partial charge is 0.229 e. The molecule has 1 aromatic rings. The minimum atomic E-state index is -0.339. The molecule has 3 rings (SSSR count). The Morgan fingerprint density at radius 2 is 2.00 bits per heavy atom. The van der Waals surface area contributed by atoms with Gasteiger partial charge in [-0.05, 0) is 48.4 Å². The van der Waals surface area contributed by atoms with Crippen LogP contribution in [0.25, 0.3) is 0 Å². The van der Waals surface area contributed by atoms with E-state index in [1.165, 1.54) is 0 Å². The van der Waals surface area contributed by atoms with Gasteiger partial charge in [-0.25, -0.2) is 0 Å². The third kappa shape index (κ3) is 5.23. The Balaban J connectivity index is 1.93. The molecule has 2 N–H and O–H groups in total. The first-order chi connectivity index (χ1) is 13.9. The molecular weight excluding hydrogens is 407 g/mol. The Morgan fingerprint density at radius 3 is 2.66 bits per heavy atom. The van der Waals surface area contributed by atoms with Gasteiger partial charge in [-0.2, -0.15) is 0 Å². The first-order valence-corrected chi connectivity index (χ1v) is 11.1. The summed E-state index contributed by atoms with van der Waals surface area (Å²) in [4.78, 5) is 26.1. The van der Waals surface area contributed by atoms with Crippen LogP contribution >= 0.6 is 23.2 Å². The fraction of sp³-hybridized carbons (Fsp3) is 0.478. The van der Waals surface area contributed by atoms with Gasteiger partial charge in [0.15, 0.2) is 0 Å². The normalized spacial score (nSPS) is 26.8. The molecule has 1 saturated heterocycles. The van der Waals surface area contributed by atoms with E-state index in [0.29, 0.717) is 23.6 Å². The zero-order valence-electron chi connectivity index (χ0n) is 16.8. The summed E-state index contributed by atoms with van der Waals surface area (Å²) in [5.74, 6) is -0.215. The van der Waals surface area contributed by atoms with Gasteiger partial charge in [-0.15, -0.1) is 0 Å². The molecule has 4 atom stereocenters. The highest BCUT2D eigenvalue weighted by Gasteiger charge is 2.46. The standard InChI is InChI=1S/C23H28Cl2N2O2/c1-3-14(4-2)22-21(23(29)26-18-10-6-9-17(25)12-18)19(13-20(28)27-22)15-7-5-8-16(24)11-15/h5-10,12,14-15,19,21-22H,3-4,11,13H2,1-2H3,(H,26,29)(H,27,28)/t15?,19?,21-,22+/m0/s1. The molecular formula is C23H28Cl2N2O2. The molecule has 0 bridgehead atoms. The molecule has 0 radical (unpaired) electrons. The van der Waals surface area contributed by atoms with Crippen LogP contribution in [0.3, 0.4) is 0 Å². The summed E-state index contributed by atoms with van der Waals surface area (Å²) in [6, 6.07) is 6.95. The van der Waals surface area contributed by atoms with Crippen molar-refractivity contribution < 1.29 is 9.59 Å². The average Bonchev–Trinajstić information content (AvgIpc) is 2.68. The molecule has 4 nitrogen and oxygen atoms in total. The number of anilines is 1. The Kier molecular flexibility index (Phi) is 7.42. The second-order valence-electron chi connectivity index (χ2n) is 7.93. The van der Waals surface area contributed by atoms with E-state index in [-0.39, 0.29) is 41.5 Å². The SMILES string of the molecule is CCC(CC)[C@H]1NC(=O)CC(C2C=CC=C(Cl)C2)[C@@H]1C(=O)Nc1cccc(Cl)c1. The predicted molar refractivity (Wildman–Crippen MR) is 119 cm³/mol. The number of hydrogen-bond acceptors (Lipinski definition) is 2. The van der Waals surface area contributed by atoms with Crippen LogP contribution in [0.5, 0.6) is 0 Å². The van der Waals surface area contributed by atoms with Gasteiger partial charge in [0, 0.05) is 28.2 Å². The molecule has 2 unspecified atom stereocenters. The first-order valence-electron chi connectivity index (χ1n) is 10.3. The Labute approximate surface area is 182 Å². The van der Waals surface area contributed by atoms with Crippen molar-refractivity contribution in [2.24, 2.45) is 23.7 Å². The quantitative estimate of drug-likeness (QED) is 0.617. The van der Waals surface area contributed by atoms with E-state index in [1.54, 1.807) is 12.1 Å². The third-order valence-corrected chi connectivity index (χ3v) is 6.68. The van der Waals surface area contributed by atoms with E-state index < -0.39 is 0 Å². The monoisotopic (exact) mass is 434 g/mol. The Morgan fingerprint density at radius 1 is 1.24 bits per heavy atom. The third-order valence-electron chi connectivity index (χ3n) is 6.16. The fourth-order valence-electron chi connectivity index (χ4n) is 4.67. The van der Waals surface area contributed by atoms with Crippen molar-refractivity contribution in [3.8, 4) is 0 Å². The number of rotatable bonds is 6. The summed E-state index contributed by atoms with van der Waals surface area (Å²) in [7, 11) is 0. The Bertz CT molecular complexity index is 817. The molecule has 0 saturated carbocycles. The van der Waals surface area contributed by atoms with Crippen molar-refractivity contribution in [2.45, 2.75) is 45.6 Å². The maximum absolute atomic E-state index is 13.5. The van der Waals surface area contributed by atoms with Gasteiger partial charge in [-0.1, -0.05) is 68.1 Å². The number of carbonyl (C=O) groups is 2. The van der Waals surface area contributed by atoms with Gasteiger partial charge in [0.05, 0.1) is 5.92 Å². The summed E-state index contributed by atoms with van der Waals surface area (Å²) in [6.45, 7) is 4.21. The molecule has 156 valence electrons. The molecule has 29 heavy (non-hydrogen) atoms. The van der Waals surface area contributed by atoms with Gasteiger partial charge in [0.25, 0.3) is 0 Å². The summed E-state index contributed by atoms with van der Waals surface area (Å²) >= 11 is 12.4. The summed E-state index contributed by atoms with van der Waals surface area (Å²) in [6.07, 6.45) is 8.67. The van der Waals surface area contributed by atoms with Gasteiger partial charge >= 0.3 is 0 Å². The largest absolute Gasteiger partial charge is 0.352 e. The number of nitrogens with one attached hydrogen (secondary N) is 2. The molecule has 0 spiro atoms. The van der Waals surface area contributed by atoms with Crippen molar-refractivity contribution in [1.29, 1.82) is 0 Å². The topological polar surface area (TPSA) is 58.2 Å². The number of hydrogen-bond donors (Lipinski definition) is 2. The second kappa shape index (κ2) is 9.82. The lowest BCUT2D eigenvalue weighted by molar-refractivity contribution is -0.134. The lowest BCUT2D eigenvalue weighted by Crippen LogP contribution is -2.57. The zero-order chi connectivity index (χ0) is 21.0. The highest BCUT2D eigenvalue weighted by molar-refractivity contribution is 6.31. The van der Waals surface area contributed by atoms with Crippen molar-refractivity contribution in [1.82, 2.24) is 5.32 Å². The lowest BCUT2D eigenvalue weighted by atomic mass is 9.67. The van der Waals surface area contributed by atoms with Crippen molar-refractivity contribution in [3.05, 3.63) is 52.5 Å². The maximum atomic E-state index is 13.5. The molecule has 1 aromatic carbocycles. The molecule has 1 aliphatic heterocycles. The summed E-state index contributed by atoms with van der Waals surface area (Å²) in [5.41, 5.74) is 0.665. The Hall–Kier alpha value is -1.78. The molecule has 1 fully saturated rings. The van der Waals surface area contributed by atoms with Gasteiger partial charge in [0.1, 0.15) is 0 Å². The van der Waals surface area contributed by atoms with Gasteiger partial charge in [0.2, 0.25) is 11.8 Å². The number of allylic oxidation sites excluding steroid dienone is 4. The molecule has 0 aromatic heterocycles. The van der Waals surface area contributed by atoms with E-state index in [2.05, 4.69) is 30.6 Å². The van der Waals surface area contributed by atoms with Crippen molar-refractivity contribution >= 4 is 40.7 Å². The fourth-order valence-corrected chi connectivity index (χ4v) is 5.12. The predicted octanol–water partition coefficient (Wildman–Crippen LogP) is 5.53. The molecule has 6 heteroatoms. The van der Waals surface area contributed by atoms with E-state index >= 15 is 0 Å². The van der Waals surface area contributed by atoms with E-state index in [9.17, 15) is 9.59 Å². The minimum Gasteiger partial charge on any atom is -0.352 e. The van der Waals surface area contributed by atoms with Crippen LogP contribution in [0.15, 0.2) is 47.5 Å². The second-order valence-corrected chi connectivity index (χ2v) is 8.85. The van der Waals surface area contributed by atoms with E-state index in [1.807, 2.05) is 24.3 Å². The zero-order valence-corrected chi connectivity index (χ0v) is 18.3. The number of benzene rings is 1. The van der Waals surface area contributed by atoms with Crippen LogP contribution in [0, 0.1) is 23.7 Å². The molecule has 1 aliphatic carbocycles. The van der Waals surface area contributed by atoms with E-state index in [0.717, 1.165) is 17.9 Å². The molecule has 2 aliphatic rings. The van der Waals surface area contributed by atoms with Crippen LogP contribution in [0.2, 0.25) is 5.02 Å². The summed E-state index contributed by atoms with van der Waals surface area (Å²) in [5, 5.41) is 7.49. The molecule has 2 amide bonds. The number of piperidine rings is 1. The van der Waals surface area contributed by atoms with Gasteiger partial charge in [-0.3, -0.25) is 9.59 Å². The van der Waals surface area contributed by atoms with Crippen molar-refractivity contribution in [2.75, 3.05) is 5.32 Å². The van der Waals surface area contributed by atoms with Gasteiger partial charge < -0.3 is 10.6 Å². The highest BCUT2D eigenvalue weighted by Crippen LogP contribution is 2.40. The summed E-state index contributed by atoms with van der Waals surface area (Å²) < 4.78 is 0. The lowest BCUT2D eigenvalue weighted by Gasteiger charge is -2.43. The van der Waals surface area contributed by atoms with Crippen LogP contribution in [-0.4, -0.2) is 17.9 Å². The van der Waals surface area contributed by atoms with Crippen LogP contribution < -0.4 is 10.6 Å². The van der Waals surface area contributed by atoms with Crippen LogP contribution in [0.4, 0.5) is 5.69 Å². The molecule has 1 heterocycles. The number of halogens is 2. The van der Waals surface area contributed by atoms with E-state index in [4.69, 9.17) is 23.2 Å². The maximum Gasteiger partial charge on any atom is 0.229 e. The van der Waals surface area contributed by atoms with Crippen LogP contribution in [-0.2, 0) is 9.59 Å². The van der Waals surface area contributed by atoms with Crippen molar-refractivity contribution in [3.63, 3.8) is 0 Å². The minimum absolute atomic E-state index is 0.0118. The first kappa shape index (κ1) is 21.9. The number of amides is 2.